The maximum Gasteiger partial charge on any atom is 0.125 e. The Morgan fingerprint density at radius 3 is 2.39 bits per heavy atom. The van der Waals surface area contributed by atoms with Crippen LogP contribution in [0.15, 0.2) is 18.2 Å². The van der Waals surface area contributed by atoms with E-state index in [0.29, 0.717) is 6.61 Å². The lowest BCUT2D eigenvalue weighted by Gasteiger charge is -2.16. The molecule has 4 heteroatoms. The van der Waals surface area contributed by atoms with Crippen LogP contribution in [0.5, 0.6) is 5.75 Å². The maximum atomic E-state index is 9.03. The number of hydrogen-bond donors (Lipinski definition) is 2. The standard InChI is InChI=1S/C14H23NO2.ClH/c1-4-13(10-16)15-8-9-17-14-11(2)6-5-7-12(14)3;/h5-7,13,15-16H,4,8-10H2,1-3H3;1H. The molecule has 104 valence electrons. The summed E-state index contributed by atoms with van der Waals surface area (Å²) < 4.78 is 5.76. The van der Waals surface area contributed by atoms with E-state index in [0.717, 1.165) is 18.7 Å². The number of nitrogens with one attached hydrogen (secondary N) is 1. The molecule has 1 unspecified atom stereocenters. The Balaban J connectivity index is 0.00000289. The molecule has 0 radical (unpaired) electrons. The molecule has 1 rings (SSSR count). The highest BCUT2D eigenvalue weighted by molar-refractivity contribution is 5.85. The lowest BCUT2D eigenvalue weighted by atomic mass is 10.1. The lowest BCUT2D eigenvalue weighted by molar-refractivity contribution is 0.227. The predicted molar refractivity (Wildman–Crippen MR) is 77.8 cm³/mol. The SMILES string of the molecule is CCC(CO)NCCOc1c(C)cccc1C.Cl. The third-order valence-corrected chi connectivity index (χ3v) is 2.90. The van der Waals surface area contributed by atoms with Crippen LogP contribution in [-0.4, -0.2) is 30.9 Å². The zero-order valence-electron chi connectivity index (χ0n) is 11.4. The number of ether oxygens (including phenoxy) is 1. The molecule has 1 aromatic carbocycles. The highest BCUT2D eigenvalue weighted by Gasteiger charge is 2.04. The van der Waals surface area contributed by atoms with Crippen molar-refractivity contribution in [3.8, 4) is 5.75 Å². The topological polar surface area (TPSA) is 41.5 Å². The van der Waals surface area contributed by atoms with Gasteiger partial charge in [-0.3, -0.25) is 0 Å². The minimum atomic E-state index is 0. The first-order valence-corrected chi connectivity index (χ1v) is 6.22. The number of para-hydroxylation sites is 1. The number of rotatable bonds is 7. The number of hydrogen-bond acceptors (Lipinski definition) is 3. The maximum absolute atomic E-state index is 9.03. The van der Waals surface area contributed by atoms with Crippen LogP contribution in [0.1, 0.15) is 24.5 Å². The molecular formula is C14H24ClNO2. The summed E-state index contributed by atoms with van der Waals surface area (Å²) in [6.45, 7) is 7.73. The van der Waals surface area contributed by atoms with Crippen LogP contribution in [0.4, 0.5) is 0 Å². The van der Waals surface area contributed by atoms with E-state index in [9.17, 15) is 0 Å². The normalized spacial score (nSPS) is 11.8. The van der Waals surface area contributed by atoms with Gasteiger partial charge in [-0.2, -0.15) is 0 Å². The lowest BCUT2D eigenvalue weighted by Crippen LogP contribution is -2.34. The fourth-order valence-electron chi connectivity index (χ4n) is 1.78. The summed E-state index contributed by atoms with van der Waals surface area (Å²) in [6, 6.07) is 6.32. The van der Waals surface area contributed by atoms with Crippen LogP contribution >= 0.6 is 12.4 Å². The molecule has 2 N–H and O–H groups in total. The molecular weight excluding hydrogens is 250 g/mol. The number of aliphatic hydroxyl groups excluding tert-OH is 1. The molecule has 0 aromatic heterocycles. The van der Waals surface area contributed by atoms with E-state index in [1.54, 1.807) is 0 Å². The quantitative estimate of drug-likeness (QED) is 0.750. The van der Waals surface area contributed by atoms with E-state index in [4.69, 9.17) is 9.84 Å². The Morgan fingerprint density at radius 2 is 1.89 bits per heavy atom. The van der Waals surface area contributed by atoms with E-state index < -0.39 is 0 Å². The summed E-state index contributed by atoms with van der Waals surface area (Å²) in [5.41, 5.74) is 2.33. The third-order valence-electron chi connectivity index (χ3n) is 2.90. The molecule has 0 spiro atoms. The summed E-state index contributed by atoms with van der Waals surface area (Å²) in [7, 11) is 0. The molecule has 0 heterocycles. The number of aliphatic hydroxyl groups is 1. The summed E-state index contributed by atoms with van der Waals surface area (Å²) in [4.78, 5) is 0. The Bertz CT molecular complexity index is 320. The molecule has 0 saturated heterocycles. The molecule has 0 aliphatic carbocycles. The van der Waals surface area contributed by atoms with Gasteiger partial charge in [-0.15, -0.1) is 12.4 Å². The fourth-order valence-corrected chi connectivity index (χ4v) is 1.78. The largest absolute Gasteiger partial charge is 0.492 e. The highest BCUT2D eigenvalue weighted by Crippen LogP contribution is 2.21. The smallest absolute Gasteiger partial charge is 0.125 e. The van der Waals surface area contributed by atoms with Gasteiger partial charge in [0.25, 0.3) is 0 Å². The second-order valence-corrected chi connectivity index (χ2v) is 4.31. The van der Waals surface area contributed by atoms with Gasteiger partial charge in [0.1, 0.15) is 12.4 Å². The molecule has 1 atom stereocenters. The molecule has 0 amide bonds. The van der Waals surface area contributed by atoms with E-state index in [2.05, 4.69) is 38.2 Å². The van der Waals surface area contributed by atoms with Crippen LogP contribution in [0.2, 0.25) is 0 Å². The van der Waals surface area contributed by atoms with Gasteiger partial charge < -0.3 is 15.2 Å². The number of benzene rings is 1. The van der Waals surface area contributed by atoms with Crippen molar-refractivity contribution >= 4 is 12.4 Å². The minimum absolute atomic E-state index is 0. The Hall–Kier alpha value is -0.770. The van der Waals surface area contributed by atoms with Crippen molar-refractivity contribution in [3.05, 3.63) is 29.3 Å². The Labute approximate surface area is 116 Å². The van der Waals surface area contributed by atoms with Gasteiger partial charge in [-0.05, 0) is 31.4 Å². The van der Waals surface area contributed by atoms with Crippen molar-refractivity contribution in [3.63, 3.8) is 0 Å². The van der Waals surface area contributed by atoms with Gasteiger partial charge >= 0.3 is 0 Å². The van der Waals surface area contributed by atoms with Crippen molar-refractivity contribution in [2.24, 2.45) is 0 Å². The average Bonchev–Trinajstić information content (AvgIpc) is 2.32. The van der Waals surface area contributed by atoms with Gasteiger partial charge in [0.2, 0.25) is 0 Å². The molecule has 0 aliphatic heterocycles. The number of aryl methyl sites for hydroxylation is 2. The van der Waals surface area contributed by atoms with Gasteiger partial charge in [0.15, 0.2) is 0 Å². The van der Waals surface area contributed by atoms with E-state index in [1.165, 1.54) is 11.1 Å². The molecule has 0 aliphatic rings. The van der Waals surface area contributed by atoms with Crippen LogP contribution in [0, 0.1) is 13.8 Å². The first kappa shape index (κ1) is 17.2. The zero-order valence-corrected chi connectivity index (χ0v) is 12.2. The summed E-state index contributed by atoms with van der Waals surface area (Å²) >= 11 is 0. The summed E-state index contributed by atoms with van der Waals surface area (Å²) in [5, 5.41) is 12.3. The first-order chi connectivity index (χ1) is 8.19. The van der Waals surface area contributed by atoms with Gasteiger partial charge in [0.05, 0.1) is 6.61 Å². The Morgan fingerprint density at radius 1 is 1.28 bits per heavy atom. The molecule has 0 fully saturated rings. The number of halogens is 1. The van der Waals surface area contributed by atoms with E-state index in [1.807, 2.05) is 6.07 Å². The second-order valence-electron chi connectivity index (χ2n) is 4.31. The zero-order chi connectivity index (χ0) is 12.7. The van der Waals surface area contributed by atoms with Crippen LogP contribution in [-0.2, 0) is 0 Å². The van der Waals surface area contributed by atoms with E-state index >= 15 is 0 Å². The second kappa shape index (κ2) is 9.20. The van der Waals surface area contributed by atoms with Gasteiger partial charge in [0, 0.05) is 12.6 Å². The van der Waals surface area contributed by atoms with Gasteiger partial charge in [-0.1, -0.05) is 25.1 Å². The molecule has 0 bridgehead atoms. The van der Waals surface area contributed by atoms with Crippen LogP contribution in [0.3, 0.4) is 0 Å². The molecule has 18 heavy (non-hydrogen) atoms. The monoisotopic (exact) mass is 273 g/mol. The van der Waals surface area contributed by atoms with Crippen molar-refractivity contribution in [2.45, 2.75) is 33.2 Å². The van der Waals surface area contributed by atoms with E-state index in [-0.39, 0.29) is 25.1 Å². The van der Waals surface area contributed by atoms with Crippen molar-refractivity contribution < 1.29 is 9.84 Å². The Kier molecular flexibility index (Phi) is 8.81. The summed E-state index contributed by atoms with van der Waals surface area (Å²) in [5.74, 6) is 0.978. The van der Waals surface area contributed by atoms with Crippen molar-refractivity contribution in [1.29, 1.82) is 0 Å². The molecule has 0 saturated carbocycles. The fraction of sp³-hybridized carbons (Fsp3) is 0.571. The predicted octanol–water partition coefficient (Wildman–Crippen LogP) is 2.46. The minimum Gasteiger partial charge on any atom is -0.492 e. The molecule has 1 aromatic rings. The first-order valence-electron chi connectivity index (χ1n) is 6.22. The molecule has 3 nitrogen and oxygen atoms in total. The highest BCUT2D eigenvalue weighted by atomic mass is 35.5. The van der Waals surface area contributed by atoms with Crippen LogP contribution < -0.4 is 10.1 Å². The third kappa shape index (κ3) is 5.25. The summed E-state index contributed by atoms with van der Waals surface area (Å²) in [6.07, 6.45) is 0.930. The van der Waals surface area contributed by atoms with Crippen LogP contribution in [0.25, 0.3) is 0 Å². The van der Waals surface area contributed by atoms with Crippen molar-refractivity contribution in [2.75, 3.05) is 19.8 Å². The van der Waals surface area contributed by atoms with Crippen molar-refractivity contribution in [1.82, 2.24) is 5.32 Å². The van der Waals surface area contributed by atoms with Gasteiger partial charge in [-0.25, -0.2) is 0 Å². The average molecular weight is 274 g/mol.